The molecule has 5 heterocycles. The lowest BCUT2D eigenvalue weighted by Crippen LogP contribution is -2.49. The number of anilines is 2. The number of carbonyl (C=O) groups excluding carboxylic acids is 1. The van der Waals surface area contributed by atoms with Crippen LogP contribution in [0.1, 0.15) is 28.4 Å². The predicted octanol–water partition coefficient (Wildman–Crippen LogP) is 5.20. The number of ether oxygens (including phenoxy) is 1. The molecule has 0 aliphatic carbocycles. The van der Waals surface area contributed by atoms with Crippen LogP contribution in [-0.4, -0.2) is 87.0 Å². The quantitative estimate of drug-likeness (QED) is 0.126. The number of pyridine rings is 1. The Kier molecular flexibility index (Phi) is 10.6. The molecule has 1 aliphatic rings. The maximum Gasteiger partial charge on any atom is 0.423 e. The molecule has 0 saturated carbocycles. The Labute approximate surface area is 284 Å². The topological polar surface area (TPSA) is 123 Å². The first-order valence-electron chi connectivity index (χ1n) is 15.8. The molecule has 1 amide bonds. The van der Waals surface area contributed by atoms with Crippen LogP contribution >= 0.6 is 0 Å². The standard InChI is InChI=1S/C31H37F6N9O3Si/c1-20(42-24-15-41-46(19-49-11-12-50(2,3)4)28(48)26(24)31(35,36)37)17-45-18-23(22-5-6-38-16-25(22)45)27(47)43-7-9-44(10-8-43)29-39-13-21(14-40-29)30(32,33)34/h5-6,13-16,18,20,42H,7-12,17,19H2,1-4H3/t20-/m0/s1. The van der Waals surface area contributed by atoms with Gasteiger partial charge >= 0.3 is 12.4 Å². The van der Waals surface area contributed by atoms with Gasteiger partial charge in [0, 0.05) is 83.6 Å². The molecule has 1 atom stereocenters. The van der Waals surface area contributed by atoms with Gasteiger partial charge in [0.05, 0.1) is 34.7 Å². The van der Waals surface area contributed by atoms with Crippen LogP contribution < -0.4 is 15.8 Å². The Hall–Kier alpha value is -4.52. The first-order chi connectivity index (χ1) is 23.4. The lowest BCUT2D eigenvalue weighted by Gasteiger charge is -2.34. The van der Waals surface area contributed by atoms with Crippen LogP contribution in [0.2, 0.25) is 25.7 Å². The number of aromatic nitrogens is 6. The fraction of sp³-hybridized carbons (Fsp3) is 0.484. The Balaban J connectivity index is 1.28. The summed E-state index contributed by atoms with van der Waals surface area (Å²) < 4.78 is 88.9. The number of nitrogens with one attached hydrogen (secondary N) is 1. The zero-order valence-corrected chi connectivity index (χ0v) is 28.8. The van der Waals surface area contributed by atoms with Gasteiger partial charge in [0.2, 0.25) is 5.95 Å². The molecule has 0 unspecified atom stereocenters. The highest BCUT2D eigenvalue weighted by Crippen LogP contribution is 2.33. The van der Waals surface area contributed by atoms with Gasteiger partial charge in [-0.15, -0.1) is 0 Å². The number of rotatable bonds is 11. The normalized spacial score (nSPS) is 15.1. The molecule has 4 aromatic rings. The van der Waals surface area contributed by atoms with E-state index >= 15 is 0 Å². The molecule has 0 spiro atoms. The molecule has 1 saturated heterocycles. The first-order valence-corrected chi connectivity index (χ1v) is 19.5. The van der Waals surface area contributed by atoms with Crippen molar-refractivity contribution in [2.45, 2.75) is 64.3 Å². The number of hydrogen-bond acceptors (Lipinski definition) is 9. The minimum atomic E-state index is -4.96. The molecule has 5 rings (SSSR count). The summed E-state index contributed by atoms with van der Waals surface area (Å²) in [6.07, 6.45) is -2.44. The van der Waals surface area contributed by atoms with Crippen molar-refractivity contribution >= 4 is 36.5 Å². The van der Waals surface area contributed by atoms with Gasteiger partial charge in [0.25, 0.3) is 11.5 Å². The number of carbonyl (C=O) groups is 1. The van der Waals surface area contributed by atoms with Crippen LogP contribution in [0.5, 0.6) is 0 Å². The van der Waals surface area contributed by atoms with Gasteiger partial charge in [0.15, 0.2) is 0 Å². The van der Waals surface area contributed by atoms with E-state index in [9.17, 15) is 35.9 Å². The summed E-state index contributed by atoms with van der Waals surface area (Å²) in [5.74, 6) is -0.172. The average Bonchev–Trinajstić information content (AvgIpc) is 3.40. The molecule has 0 bridgehead atoms. The number of nitrogens with zero attached hydrogens (tertiary/aromatic N) is 8. The number of piperazine rings is 1. The van der Waals surface area contributed by atoms with Crippen LogP contribution in [0, 0.1) is 0 Å². The van der Waals surface area contributed by atoms with Gasteiger partial charge in [-0.2, -0.15) is 31.4 Å². The number of fused-ring (bicyclic) bond motifs is 1. The molecule has 50 heavy (non-hydrogen) atoms. The van der Waals surface area contributed by atoms with Gasteiger partial charge in [-0.3, -0.25) is 14.6 Å². The summed E-state index contributed by atoms with van der Waals surface area (Å²) in [7, 11) is -1.44. The van der Waals surface area contributed by atoms with Gasteiger partial charge in [0.1, 0.15) is 12.3 Å². The van der Waals surface area contributed by atoms with E-state index in [1.807, 2.05) is 0 Å². The first kappa shape index (κ1) is 36.7. The number of alkyl halides is 6. The Morgan fingerprint density at radius 2 is 1.68 bits per heavy atom. The number of halogens is 6. The van der Waals surface area contributed by atoms with Crippen LogP contribution in [0.3, 0.4) is 0 Å². The van der Waals surface area contributed by atoms with Crippen molar-refractivity contribution in [3.63, 3.8) is 0 Å². The fourth-order valence-electron chi connectivity index (χ4n) is 5.47. The van der Waals surface area contributed by atoms with Crippen LogP contribution in [0.4, 0.5) is 38.0 Å². The summed E-state index contributed by atoms with van der Waals surface area (Å²) >= 11 is 0. The highest BCUT2D eigenvalue weighted by molar-refractivity contribution is 6.76. The van der Waals surface area contributed by atoms with Crippen LogP contribution in [0.25, 0.3) is 10.9 Å². The number of amides is 1. The smallest absolute Gasteiger partial charge is 0.379 e. The third-order valence-corrected chi connectivity index (χ3v) is 9.84. The van der Waals surface area contributed by atoms with E-state index in [1.54, 1.807) is 39.8 Å². The maximum atomic E-state index is 14.1. The monoisotopic (exact) mass is 725 g/mol. The zero-order valence-electron chi connectivity index (χ0n) is 27.8. The van der Waals surface area contributed by atoms with E-state index < -0.39 is 55.6 Å². The second-order valence-electron chi connectivity index (χ2n) is 13.3. The molecule has 0 aromatic carbocycles. The van der Waals surface area contributed by atoms with Crippen molar-refractivity contribution in [1.82, 2.24) is 34.2 Å². The second kappa shape index (κ2) is 14.4. The summed E-state index contributed by atoms with van der Waals surface area (Å²) in [6.45, 7) is 9.11. The minimum absolute atomic E-state index is 0.106. The second-order valence-corrected chi connectivity index (χ2v) is 18.9. The average molecular weight is 726 g/mol. The molecule has 1 N–H and O–H groups in total. The van der Waals surface area contributed by atoms with E-state index in [2.05, 4.69) is 45.0 Å². The third-order valence-electron chi connectivity index (χ3n) is 8.14. The predicted molar refractivity (Wildman–Crippen MR) is 176 cm³/mol. The lowest BCUT2D eigenvalue weighted by molar-refractivity contribution is -0.139. The van der Waals surface area contributed by atoms with Gasteiger partial charge < -0.3 is 24.4 Å². The summed E-state index contributed by atoms with van der Waals surface area (Å²) in [5.41, 5.74) is -3.22. The lowest BCUT2D eigenvalue weighted by atomic mass is 10.1. The van der Waals surface area contributed by atoms with Crippen molar-refractivity contribution in [3.05, 3.63) is 70.3 Å². The molecule has 19 heteroatoms. The summed E-state index contributed by atoms with van der Waals surface area (Å²) in [6, 6.07) is 1.78. The Morgan fingerprint density at radius 1 is 1.00 bits per heavy atom. The van der Waals surface area contributed by atoms with Crippen molar-refractivity contribution in [3.8, 4) is 0 Å². The van der Waals surface area contributed by atoms with E-state index in [0.29, 0.717) is 27.8 Å². The highest BCUT2D eigenvalue weighted by Gasteiger charge is 2.39. The van der Waals surface area contributed by atoms with Gasteiger partial charge in [-0.25, -0.2) is 14.6 Å². The van der Waals surface area contributed by atoms with Crippen LogP contribution in [-0.2, 0) is 30.4 Å². The van der Waals surface area contributed by atoms with E-state index in [0.717, 1.165) is 24.6 Å². The van der Waals surface area contributed by atoms with E-state index in [-0.39, 0.29) is 44.6 Å². The molecule has 1 fully saturated rings. The number of hydrogen-bond donors (Lipinski definition) is 1. The van der Waals surface area contributed by atoms with E-state index in [4.69, 9.17) is 4.74 Å². The third kappa shape index (κ3) is 8.61. The molecule has 12 nitrogen and oxygen atoms in total. The molecule has 270 valence electrons. The Bertz CT molecular complexity index is 1870. The fourth-order valence-corrected chi connectivity index (χ4v) is 6.23. The van der Waals surface area contributed by atoms with Crippen molar-refractivity contribution in [2.75, 3.05) is 43.0 Å². The SMILES string of the molecule is C[C@@H](Cn1cc(C(=O)N2CCN(c3ncc(C(F)(F)F)cn3)CC2)c2ccncc21)Nc1cnn(COCC[Si](C)(C)C)c(=O)c1C(F)(F)F. The largest absolute Gasteiger partial charge is 0.423 e. The molecular formula is C31H37F6N9O3Si. The van der Waals surface area contributed by atoms with Crippen molar-refractivity contribution < 1.29 is 35.9 Å². The van der Waals surface area contributed by atoms with Gasteiger partial charge in [-0.1, -0.05) is 19.6 Å². The van der Waals surface area contributed by atoms with Gasteiger partial charge in [-0.05, 0) is 19.0 Å². The molecule has 4 aromatic heterocycles. The molecule has 0 radical (unpaired) electrons. The Morgan fingerprint density at radius 3 is 2.30 bits per heavy atom. The van der Waals surface area contributed by atoms with E-state index in [1.165, 1.54) is 6.20 Å². The van der Waals surface area contributed by atoms with Crippen molar-refractivity contribution in [2.24, 2.45) is 0 Å². The summed E-state index contributed by atoms with van der Waals surface area (Å²) in [5, 5.41) is 7.27. The maximum absolute atomic E-state index is 14.1. The van der Waals surface area contributed by atoms with Crippen LogP contribution in [0.15, 0.2) is 48.0 Å². The highest BCUT2D eigenvalue weighted by atomic mass is 28.3. The van der Waals surface area contributed by atoms with Crippen molar-refractivity contribution in [1.29, 1.82) is 0 Å². The summed E-state index contributed by atoms with van der Waals surface area (Å²) in [4.78, 5) is 41.7. The molecular weight excluding hydrogens is 688 g/mol. The minimum Gasteiger partial charge on any atom is -0.379 e. The molecule has 1 aliphatic heterocycles. The zero-order chi connectivity index (χ0) is 36.4.